The third-order valence-corrected chi connectivity index (χ3v) is 5.34. The molecular formula is C21H18ClFN2O5S. The van der Waals surface area contributed by atoms with Crippen molar-refractivity contribution < 1.29 is 28.2 Å². The number of rotatable bonds is 7. The number of amides is 3. The molecule has 1 aliphatic heterocycles. The van der Waals surface area contributed by atoms with E-state index in [9.17, 15) is 18.8 Å². The highest BCUT2D eigenvalue weighted by molar-refractivity contribution is 8.18. The van der Waals surface area contributed by atoms with Crippen LogP contribution in [-0.2, 0) is 9.59 Å². The van der Waals surface area contributed by atoms with E-state index in [1.54, 1.807) is 25.1 Å². The lowest BCUT2D eigenvalue weighted by atomic mass is 10.1. The van der Waals surface area contributed by atoms with Gasteiger partial charge in [0.05, 0.1) is 29.3 Å². The average molecular weight is 465 g/mol. The van der Waals surface area contributed by atoms with Crippen molar-refractivity contribution in [1.29, 1.82) is 0 Å². The number of imide groups is 1. The number of benzene rings is 2. The van der Waals surface area contributed by atoms with Crippen molar-refractivity contribution in [2.45, 2.75) is 6.92 Å². The van der Waals surface area contributed by atoms with E-state index in [4.69, 9.17) is 21.1 Å². The second kappa shape index (κ2) is 9.84. The number of hydrogen-bond donors (Lipinski definition) is 1. The van der Waals surface area contributed by atoms with Gasteiger partial charge >= 0.3 is 0 Å². The summed E-state index contributed by atoms with van der Waals surface area (Å²) in [5.74, 6) is -1.19. The number of anilines is 1. The summed E-state index contributed by atoms with van der Waals surface area (Å²) in [6, 6.07) is 8.81. The maximum absolute atomic E-state index is 13.7. The maximum atomic E-state index is 13.7. The second-order valence-corrected chi connectivity index (χ2v) is 7.66. The van der Waals surface area contributed by atoms with Crippen LogP contribution >= 0.6 is 23.4 Å². The standard InChI is InChI=1S/C21H18ClFN2O5S/c1-3-30-16-9-12(8-13(22)19(16)29-2)10-17-20(27)25(21(28)31-17)11-18(26)24-15-7-5-4-6-14(15)23/h4-10H,3,11H2,1-2H3,(H,24,26)/b17-10-. The molecule has 1 fully saturated rings. The Morgan fingerprint density at radius 3 is 2.71 bits per heavy atom. The summed E-state index contributed by atoms with van der Waals surface area (Å²) in [4.78, 5) is 38.1. The quantitative estimate of drug-likeness (QED) is 0.604. The average Bonchev–Trinajstić information content (AvgIpc) is 2.97. The van der Waals surface area contributed by atoms with Crippen molar-refractivity contribution in [3.8, 4) is 11.5 Å². The van der Waals surface area contributed by atoms with E-state index in [-0.39, 0.29) is 15.6 Å². The monoisotopic (exact) mass is 464 g/mol. The van der Waals surface area contributed by atoms with Crippen LogP contribution in [0.3, 0.4) is 0 Å². The van der Waals surface area contributed by atoms with Gasteiger partial charge in [-0.1, -0.05) is 23.7 Å². The van der Waals surface area contributed by atoms with Gasteiger partial charge in [-0.05, 0) is 54.6 Å². The first kappa shape index (κ1) is 22.6. The molecule has 2 aromatic carbocycles. The number of nitrogens with zero attached hydrogens (tertiary/aromatic N) is 1. The van der Waals surface area contributed by atoms with Gasteiger partial charge in [0.1, 0.15) is 12.4 Å². The van der Waals surface area contributed by atoms with Gasteiger partial charge in [0.25, 0.3) is 11.1 Å². The molecule has 10 heteroatoms. The second-order valence-electron chi connectivity index (χ2n) is 6.26. The number of hydrogen-bond acceptors (Lipinski definition) is 6. The molecule has 0 aromatic heterocycles. The molecule has 7 nitrogen and oxygen atoms in total. The Labute approximate surface area is 187 Å². The molecule has 0 atom stereocenters. The molecule has 0 aliphatic carbocycles. The number of halogens is 2. The van der Waals surface area contributed by atoms with Crippen molar-refractivity contribution in [2.24, 2.45) is 0 Å². The normalized spacial score (nSPS) is 14.8. The molecule has 3 amide bonds. The number of ether oxygens (including phenoxy) is 2. The molecular weight excluding hydrogens is 447 g/mol. The number of para-hydroxylation sites is 1. The van der Waals surface area contributed by atoms with Crippen LogP contribution < -0.4 is 14.8 Å². The Morgan fingerprint density at radius 2 is 2.03 bits per heavy atom. The van der Waals surface area contributed by atoms with Gasteiger partial charge in [-0.15, -0.1) is 0 Å². The predicted molar refractivity (Wildman–Crippen MR) is 117 cm³/mol. The molecule has 1 saturated heterocycles. The van der Waals surface area contributed by atoms with Crippen LogP contribution in [0.25, 0.3) is 6.08 Å². The van der Waals surface area contributed by atoms with Crippen LogP contribution in [0.1, 0.15) is 12.5 Å². The molecule has 0 spiro atoms. The minimum absolute atomic E-state index is 0.0358. The number of methoxy groups -OCH3 is 1. The molecule has 162 valence electrons. The van der Waals surface area contributed by atoms with Gasteiger partial charge in [-0.2, -0.15) is 0 Å². The van der Waals surface area contributed by atoms with Gasteiger partial charge in [0.2, 0.25) is 5.91 Å². The third kappa shape index (κ3) is 5.18. The van der Waals surface area contributed by atoms with Crippen molar-refractivity contribution in [2.75, 3.05) is 25.6 Å². The summed E-state index contributed by atoms with van der Waals surface area (Å²) in [6.07, 6.45) is 1.48. The summed E-state index contributed by atoms with van der Waals surface area (Å²) in [7, 11) is 1.46. The fourth-order valence-corrected chi connectivity index (χ4v) is 3.95. The van der Waals surface area contributed by atoms with Crippen LogP contribution in [0.2, 0.25) is 5.02 Å². The SMILES string of the molecule is CCOc1cc(/C=C2\SC(=O)N(CC(=O)Nc3ccccc3F)C2=O)cc(Cl)c1OC. The van der Waals surface area contributed by atoms with Gasteiger partial charge in [0.15, 0.2) is 11.5 Å². The summed E-state index contributed by atoms with van der Waals surface area (Å²) in [6.45, 7) is 1.64. The Hall–Kier alpha value is -3.04. The van der Waals surface area contributed by atoms with Crippen molar-refractivity contribution >= 4 is 52.2 Å². The molecule has 31 heavy (non-hydrogen) atoms. The first-order valence-corrected chi connectivity index (χ1v) is 10.3. The number of carbonyl (C=O) groups excluding carboxylic acids is 3. The van der Waals surface area contributed by atoms with Crippen molar-refractivity contribution in [1.82, 2.24) is 4.90 Å². The van der Waals surface area contributed by atoms with Crippen LogP contribution in [0.5, 0.6) is 11.5 Å². The zero-order chi connectivity index (χ0) is 22.5. The Balaban J connectivity index is 1.77. The zero-order valence-corrected chi connectivity index (χ0v) is 18.2. The topological polar surface area (TPSA) is 84.9 Å². The van der Waals surface area contributed by atoms with Crippen LogP contribution in [0.4, 0.5) is 14.9 Å². The zero-order valence-electron chi connectivity index (χ0n) is 16.6. The summed E-state index contributed by atoms with van der Waals surface area (Å²) < 4.78 is 24.4. The summed E-state index contributed by atoms with van der Waals surface area (Å²) in [5.41, 5.74) is 0.488. The molecule has 1 N–H and O–H groups in total. The maximum Gasteiger partial charge on any atom is 0.294 e. The lowest BCUT2D eigenvalue weighted by Gasteiger charge is -2.13. The first-order valence-electron chi connectivity index (χ1n) is 9.14. The lowest BCUT2D eigenvalue weighted by molar-refractivity contribution is -0.127. The van der Waals surface area contributed by atoms with E-state index in [2.05, 4.69) is 5.32 Å². The molecule has 0 radical (unpaired) electrons. The van der Waals surface area contributed by atoms with Crippen LogP contribution in [0.15, 0.2) is 41.3 Å². The van der Waals surface area contributed by atoms with E-state index in [1.165, 1.54) is 31.4 Å². The van der Waals surface area contributed by atoms with Crippen molar-refractivity contribution in [3.05, 3.63) is 57.7 Å². The van der Waals surface area contributed by atoms with Gasteiger partial charge in [-0.25, -0.2) is 4.39 Å². The number of carbonyl (C=O) groups is 3. The third-order valence-electron chi connectivity index (χ3n) is 4.16. The number of thioether (sulfide) groups is 1. The molecule has 0 unspecified atom stereocenters. The minimum atomic E-state index is -0.695. The van der Waals surface area contributed by atoms with Gasteiger partial charge < -0.3 is 14.8 Å². The molecule has 1 aliphatic rings. The predicted octanol–water partition coefficient (Wildman–Crippen LogP) is 4.56. The molecule has 2 aromatic rings. The van der Waals surface area contributed by atoms with Crippen LogP contribution in [-0.4, -0.2) is 42.2 Å². The lowest BCUT2D eigenvalue weighted by Crippen LogP contribution is -2.36. The smallest absolute Gasteiger partial charge is 0.294 e. The van der Waals surface area contributed by atoms with E-state index in [0.717, 1.165) is 4.90 Å². The van der Waals surface area contributed by atoms with Gasteiger partial charge in [-0.3, -0.25) is 19.3 Å². The summed E-state index contributed by atoms with van der Waals surface area (Å²) in [5, 5.41) is 2.02. The highest BCUT2D eigenvalue weighted by Crippen LogP contribution is 2.38. The number of nitrogens with one attached hydrogen (secondary N) is 1. The minimum Gasteiger partial charge on any atom is -0.491 e. The molecule has 0 bridgehead atoms. The van der Waals surface area contributed by atoms with Crippen LogP contribution in [0, 0.1) is 5.82 Å². The summed E-state index contributed by atoms with van der Waals surface area (Å²) >= 11 is 6.91. The molecule has 3 rings (SSSR count). The Kier molecular flexibility index (Phi) is 7.19. The highest BCUT2D eigenvalue weighted by Gasteiger charge is 2.36. The Morgan fingerprint density at radius 1 is 1.29 bits per heavy atom. The highest BCUT2D eigenvalue weighted by atomic mass is 35.5. The fraction of sp³-hybridized carbons (Fsp3) is 0.190. The largest absolute Gasteiger partial charge is 0.491 e. The van der Waals surface area contributed by atoms with Gasteiger partial charge in [0, 0.05) is 0 Å². The van der Waals surface area contributed by atoms with Crippen molar-refractivity contribution in [3.63, 3.8) is 0 Å². The van der Waals surface area contributed by atoms with E-state index < -0.39 is 29.4 Å². The first-order chi connectivity index (χ1) is 14.8. The molecule has 1 heterocycles. The van der Waals surface area contributed by atoms with E-state index in [0.29, 0.717) is 35.4 Å². The molecule has 0 saturated carbocycles. The van der Waals surface area contributed by atoms with E-state index >= 15 is 0 Å². The van der Waals surface area contributed by atoms with E-state index in [1.807, 2.05) is 0 Å². The fourth-order valence-electron chi connectivity index (χ4n) is 2.82. The Bertz CT molecular complexity index is 1080.